The zero-order chi connectivity index (χ0) is 26.0. The number of hydrogen-bond donors (Lipinski definition) is 1. The van der Waals surface area contributed by atoms with Crippen molar-refractivity contribution in [3.8, 4) is 22.6 Å². The van der Waals surface area contributed by atoms with E-state index in [2.05, 4.69) is 6.07 Å². The molecule has 3 aromatic carbocycles. The van der Waals surface area contributed by atoms with E-state index in [0.29, 0.717) is 18.9 Å². The lowest BCUT2D eigenvalue weighted by Crippen LogP contribution is -2.46. The van der Waals surface area contributed by atoms with Crippen molar-refractivity contribution in [2.45, 2.75) is 25.3 Å². The van der Waals surface area contributed by atoms with Gasteiger partial charge in [0.15, 0.2) is 11.5 Å². The van der Waals surface area contributed by atoms with Crippen LogP contribution in [0.2, 0.25) is 0 Å². The fourth-order valence-corrected chi connectivity index (χ4v) is 5.88. The molecule has 2 heterocycles. The minimum Gasteiger partial charge on any atom is -0.497 e. The highest BCUT2D eigenvalue weighted by Crippen LogP contribution is 2.43. The fourth-order valence-electron chi connectivity index (χ4n) is 4.89. The van der Waals surface area contributed by atoms with Crippen molar-refractivity contribution < 1.29 is 17.3 Å². The molecule has 5 rings (SSSR count). The summed E-state index contributed by atoms with van der Waals surface area (Å²) < 4.78 is 35.1. The minimum absolute atomic E-state index is 0.0393. The Hall–Kier alpha value is -3.85. The van der Waals surface area contributed by atoms with Crippen LogP contribution in [0.1, 0.15) is 30.9 Å². The first-order chi connectivity index (χ1) is 17.9. The summed E-state index contributed by atoms with van der Waals surface area (Å²) in [7, 11) is -1.99. The lowest BCUT2D eigenvalue weighted by molar-refractivity contribution is 0.415. The van der Waals surface area contributed by atoms with E-state index in [0.717, 1.165) is 46.8 Å². The molecule has 8 nitrogen and oxygen atoms in total. The monoisotopic (exact) mass is 518 g/mol. The maximum atomic E-state index is 12.2. The predicted molar refractivity (Wildman–Crippen MR) is 146 cm³/mol. The summed E-state index contributed by atoms with van der Waals surface area (Å²) in [6, 6.07) is 23.1. The van der Waals surface area contributed by atoms with Gasteiger partial charge in [-0.25, -0.2) is 4.99 Å². The standard InChI is InChI=1S/C28H30N4O4S/c1-3-17-37(33,34)36-24-13-11-22(12-14-24)28(26-30-15-6-16-32(26)27(29)31-28)23-9-4-7-20(18-23)21-8-5-10-25(19-21)35-2/h4-5,7-14,18-19H,3,6,15-17H2,1-2H3,(H2,29,31). The smallest absolute Gasteiger partial charge is 0.309 e. The third-order valence-corrected chi connectivity index (χ3v) is 7.93. The average Bonchev–Trinajstić information content (AvgIpc) is 3.22. The molecule has 0 aromatic heterocycles. The molecule has 1 unspecified atom stereocenters. The van der Waals surface area contributed by atoms with Gasteiger partial charge in [0, 0.05) is 13.1 Å². The van der Waals surface area contributed by atoms with Crippen molar-refractivity contribution in [1.29, 1.82) is 0 Å². The van der Waals surface area contributed by atoms with Gasteiger partial charge in [-0.3, -0.25) is 9.89 Å². The van der Waals surface area contributed by atoms with Crippen LogP contribution in [0.25, 0.3) is 11.1 Å². The molecule has 192 valence electrons. The van der Waals surface area contributed by atoms with Crippen LogP contribution in [0.15, 0.2) is 82.8 Å². The molecule has 0 amide bonds. The molecular weight excluding hydrogens is 488 g/mol. The van der Waals surface area contributed by atoms with E-state index >= 15 is 0 Å². The van der Waals surface area contributed by atoms with Gasteiger partial charge in [-0.2, -0.15) is 8.42 Å². The molecule has 37 heavy (non-hydrogen) atoms. The van der Waals surface area contributed by atoms with Crippen LogP contribution in [0.3, 0.4) is 0 Å². The highest BCUT2D eigenvalue weighted by Gasteiger charge is 2.49. The number of nitrogens with zero attached hydrogens (tertiary/aromatic N) is 3. The summed E-state index contributed by atoms with van der Waals surface area (Å²) in [5.41, 5.74) is 9.22. The van der Waals surface area contributed by atoms with Crippen molar-refractivity contribution in [2.24, 2.45) is 15.7 Å². The molecule has 0 radical (unpaired) electrons. The number of aliphatic imine (C=N–C) groups is 2. The van der Waals surface area contributed by atoms with Crippen molar-refractivity contribution in [3.63, 3.8) is 0 Å². The van der Waals surface area contributed by atoms with E-state index in [1.54, 1.807) is 26.2 Å². The summed E-state index contributed by atoms with van der Waals surface area (Å²) in [5, 5.41) is 0. The van der Waals surface area contributed by atoms with Crippen LogP contribution in [0.4, 0.5) is 0 Å². The first-order valence-corrected chi connectivity index (χ1v) is 13.9. The summed E-state index contributed by atoms with van der Waals surface area (Å²) in [5.74, 6) is 2.18. The van der Waals surface area contributed by atoms with Gasteiger partial charge in [0.05, 0.1) is 12.9 Å². The lowest BCUT2D eigenvalue weighted by Gasteiger charge is -2.33. The largest absolute Gasteiger partial charge is 0.497 e. The van der Waals surface area contributed by atoms with Gasteiger partial charge in [0.1, 0.15) is 17.3 Å². The quantitative estimate of drug-likeness (QED) is 0.449. The van der Waals surface area contributed by atoms with E-state index < -0.39 is 15.7 Å². The lowest BCUT2D eigenvalue weighted by atomic mass is 9.81. The number of guanidine groups is 1. The number of hydrogen-bond acceptors (Lipinski definition) is 8. The van der Waals surface area contributed by atoms with Crippen molar-refractivity contribution >= 4 is 21.9 Å². The van der Waals surface area contributed by atoms with E-state index in [9.17, 15) is 8.42 Å². The van der Waals surface area contributed by atoms with E-state index in [1.165, 1.54) is 0 Å². The number of methoxy groups -OCH3 is 1. The van der Waals surface area contributed by atoms with Crippen LogP contribution in [-0.4, -0.2) is 51.1 Å². The Morgan fingerprint density at radius 2 is 1.70 bits per heavy atom. The average molecular weight is 519 g/mol. The zero-order valence-corrected chi connectivity index (χ0v) is 21.7. The van der Waals surface area contributed by atoms with E-state index in [4.69, 9.17) is 24.6 Å². The molecule has 1 atom stereocenters. The highest BCUT2D eigenvalue weighted by molar-refractivity contribution is 7.87. The number of amidine groups is 1. The summed E-state index contributed by atoms with van der Waals surface area (Å²) >= 11 is 0. The topological polar surface area (TPSA) is 107 Å². The second-order valence-electron chi connectivity index (χ2n) is 9.07. The molecule has 0 fully saturated rings. The Morgan fingerprint density at radius 1 is 0.973 bits per heavy atom. The Morgan fingerprint density at radius 3 is 2.43 bits per heavy atom. The van der Waals surface area contributed by atoms with Gasteiger partial charge in [-0.05, 0) is 65.4 Å². The molecule has 0 aliphatic carbocycles. The van der Waals surface area contributed by atoms with Crippen molar-refractivity contribution in [1.82, 2.24) is 4.90 Å². The van der Waals surface area contributed by atoms with Crippen LogP contribution in [-0.2, 0) is 15.7 Å². The van der Waals surface area contributed by atoms with Gasteiger partial charge in [-0.1, -0.05) is 49.4 Å². The van der Waals surface area contributed by atoms with E-state index in [1.807, 2.05) is 59.5 Å². The summed E-state index contributed by atoms with van der Waals surface area (Å²) in [6.45, 7) is 3.22. The number of nitrogens with two attached hydrogens (primary N) is 1. The maximum absolute atomic E-state index is 12.2. The molecule has 2 aliphatic rings. The van der Waals surface area contributed by atoms with Crippen LogP contribution in [0.5, 0.6) is 11.5 Å². The normalized spacial score (nSPS) is 19.1. The number of fused-ring (bicyclic) bond motifs is 1. The second kappa shape index (κ2) is 9.89. The number of rotatable bonds is 8. The molecule has 9 heteroatoms. The molecule has 2 aliphatic heterocycles. The van der Waals surface area contributed by atoms with Gasteiger partial charge < -0.3 is 14.7 Å². The molecule has 0 spiro atoms. The van der Waals surface area contributed by atoms with E-state index in [-0.39, 0.29) is 11.5 Å². The predicted octanol–water partition coefficient (Wildman–Crippen LogP) is 4.16. The molecule has 0 saturated heterocycles. The Labute approximate surface area is 217 Å². The fraction of sp³-hybridized carbons (Fsp3) is 0.286. The second-order valence-corrected chi connectivity index (χ2v) is 10.8. The van der Waals surface area contributed by atoms with Crippen molar-refractivity contribution in [2.75, 3.05) is 26.0 Å². The highest BCUT2D eigenvalue weighted by atomic mass is 32.2. The molecule has 3 aromatic rings. The zero-order valence-electron chi connectivity index (χ0n) is 20.9. The third-order valence-electron chi connectivity index (χ3n) is 6.57. The molecule has 2 N–H and O–H groups in total. The van der Waals surface area contributed by atoms with Gasteiger partial charge >= 0.3 is 10.1 Å². The van der Waals surface area contributed by atoms with Crippen LogP contribution >= 0.6 is 0 Å². The molecule has 0 saturated carbocycles. The Kier molecular flexibility index (Phi) is 6.64. The summed E-state index contributed by atoms with van der Waals surface area (Å²) in [6.07, 6.45) is 1.37. The maximum Gasteiger partial charge on any atom is 0.309 e. The van der Waals surface area contributed by atoms with Gasteiger partial charge in [0.2, 0.25) is 0 Å². The molecule has 0 bridgehead atoms. The third kappa shape index (κ3) is 4.67. The Balaban J connectivity index is 1.63. The minimum atomic E-state index is -3.64. The van der Waals surface area contributed by atoms with Gasteiger partial charge in [-0.15, -0.1) is 0 Å². The van der Waals surface area contributed by atoms with Gasteiger partial charge in [0.25, 0.3) is 0 Å². The van der Waals surface area contributed by atoms with Crippen molar-refractivity contribution in [3.05, 3.63) is 83.9 Å². The molecular formula is C28H30N4O4S. The first-order valence-electron chi connectivity index (χ1n) is 12.3. The Bertz CT molecular complexity index is 1470. The van der Waals surface area contributed by atoms with Crippen LogP contribution < -0.4 is 14.7 Å². The number of benzene rings is 3. The van der Waals surface area contributed by atoms with Crippen LogP contribution in [0, 0.1) is 0 Å². The SMILES string of the molecule is CCCS(=O)(=O)Oc1ccc(C2(c3cccc(-c4cccc(OC)c4)c3)N=C(N)N3CCCN=C32)cc1. The summed E-state index contributed by atoms with van der Waals surface area (Å²) in [4.78, 5) is 11.9. The first kappa shape index (κ1) is 24.8. The number of ether oxygens (including phenoxy) is 1.